The second-order valence-electron chi connectivity index (χ2n) is 5.85. The number of nitrogens with one attached hydrogen (secondary N) is 2. The number of halogens is 1. The highest BCUT2D eigenvalue weighted by atomic mass is 35.5. The molecule has 1 aromatic carbocycles. The predicted molar refractivity (Wildman–Crippen MR) is 95.7 cm³/mol. The zero-order valence-electron chi connectivity index (χ0n) is 14.7. The van der Waals surface area contributed by atoms with E-state index in [2.05, 4.69) is 17.6 Å². The maximum atomic E-state index is 12.3. The first-order chi connectivity index (χ1) is 11.1. The zero-order valence-corrected chi connectivity index (χ0v) is 15.5. The smallest absolute Gasteiger partial charge is 0.224 e. The topological polar surface area (TPSA) is 68.8 Å². The summed E-state index contributed by atoms with van der Waals surface area (Å²) >= 11 is 0. The number of amides is 1. The summed E-state index contributed by atoms with van der Waals surface area (Å²) in [6.07, 6.45) is 2.21. The average Bonchev–Trinajstić information content (AvgIpc) is 2.53. The monoisotopic (exact) mass is 358 g/mol. The van der Waals surface area contributed by atoms with Crippen LogP contribution in [-0.4, -0.2) is 45.9 Å². The van der Waals surface area contributed by atoms with Gasteiger partial charge in [-0.2, -0.15) is 0 Å². The Morgan fingerprint density at radius 2 is 1.83 bits per heavy atom. The van der Waals surface area contributed by atoms with E-state index in [-0.39, 0.29) is 30.8 Å². The Kier molecular flexibility index (Phi) is 8.15. The van der Waals surface area contributed by atoms with Gasteiger partial charge in [-0.3, -0.25) is 4.79 Å². The number of carbonyl (C=O) groups is 1. The Morgan fingerprint density at radius 3 is 2.33 bits per heavy atom. The molecule has 1 amide bonds. The number of methoxy groups -OCH3 is 3. The first-order valence-electron chi connectivity index (χ1n) is 7.89. The van der Waals surface area contributed by atoms with Crippen molar-refractivity contribution in [3.63, 3.8) is 0 Å². The molecule has 2 rings (SSSR count). The third-order valence-corrected chi connectivity index (χ3v) is 4.08. The summed E-state index contributed by atoms with van der Waals surface area (Å²) in [5.74, 6) is 1.67. The maximum Gasteiger partial charge on any atom is 0.224 e. The van der Waals surface area contributed by atoms with Crippen LogP contribution in [0.5, 0.6) is 17.2 Å². The molecule has 2 unspecified atom stereocenters. The highest BCUT2D eigenvalue weighted by Gasteiger charge is 2.21. The fraction of sp³-hybridized carbons (Fsp3) is 0.588. The molecule has 2 atom stereocenters. The molecule has 0 radical (unpaired) electrons. The molecule has 0 saturated carbocycles. The first-order valence-corrected chi connectivity index (χ1v) is 7.89. The molecule has 1 heterocycles. The number of carbonyl (C=O) groups excluding carboxylic acids is 1. The van der Waals surface area contributed by atoms with Gasteiger partial charge in [0.05, 0.1) is 27.8 Å². The van der Waals surface area contributed by atoms with Gasteiger partial charge in [-0.25, -0.2) is 0 Å². The molecule has 0 aromatic heterocycles. The molecule has 0 spiro atoms. The summed E-state index contributed by atoms with van der Waals surface area (Å²) in [6.45, 7) is 3.08. The summed E-state index contributed by atoms with van der Waals surface area (Å²) in [5, 5.41) is 6.49. The van der Waals surface area contributed by atoms with Gasteiger partial charge >= 0.3 is 0 Å². The van der Waals surface area contributed by atoms with E-state index in [0.29, 0.717) is 23.3 Å². The molecule has 1 fully saturated rings. The normalized spacial score (nSPS) is 19.8. The van der Waals surface area contributed by atoms with Gasteiger partial charge in [-0.15, -0.1) is 12.4 Å². The zero-order chi connectivity index (χ0) is 16.8. The van der Waals surface area contributed by atoms with Crippen molar-refractivity contribution in [2.75, 3.05) is 27.9 Å². The number of hydrogen-bond acceptors (Lipinski definition) is 5. The van der Waals surface area contributed by atoms with Crippen molar-refractivity contribution in [3.05, 3.63) is 17.7 Å². The van der Waals surface area contributed by atoms with Gasteiger partial charge in [0.15, 0.2) is 11.5 Å². The van der Waals surface area contributed by atoms with Crippen molar-refractivity contribution in [2.45, 2.75) is 38.3 Å². The van der Waals surface area contributed by atoms with Gasteiger partial charge in [-0.05, 0) is 44.0 Å². The lowest BCUT2D eigenvalue weighted by Crippen LogP contribution is -2.46. The molecular weight excluding hydrogens is 332 g/mol. The Morgan fingerprint density at radius 1 is 1.21 bits per heavy atom. The fourth-order valence-corrected chi connectivity index (χ4v) is 2.96. The van der Waals surface area contributed by atoms with Crippen LogP contribution in [0.3, 0.4) is 0 Å². The Labute approximate surface area is 149 Å². The summed E-state index contributed by atoms with van der Waals surface area (Å²) in [5.41, 5.74) is 0.832. The highest BCUT2D eigenvalue weighted by Crippen LogP contribution is 2.38. The number of piperidine rings is 1. The van der Waals surface area contributed by atoms with Crippen LogP contribution in [-0.2, 0) is 11.2 Å². The lowest BCUT2D eigenvalue weighted by molar-refractivity contribution is -0.121. The van der Waals surface area contributed by atoms with Crippen molar-refractivity contribution in [2.24, 2.45) is 0 Å². The summed E-state index contributed by atoms with van der Waals surface area (Å²) in [4.78, 5) is 12.3. The first kappa shape index (κ1) is 20.4. The molecule has 2 N–H and O–H groups in total. The maximum absolute atomic E-state index is 12.3. The van der Waals surface area contributed by atoms with Crippen molar-refractivity contribution in [1.29, 1.82) is 0 Å². The number of rotatable bonds is 6. The van der Waals surface area contributed by atoms with Crippen LogP contribution < -0.4 is 24.8 Å². The fourth-order valence-electron chi connectivity index (χ4n) is 2.96. The number of hydrogen-bond donors (Lipinski definition) is 2. The molecule has 0 aliphatic carbocycles. The van der Waals surface area contributed by atoms with E-state index in [9.17, 15) is 4.79 Å². The van der Waals surface area contributed by atoms with Crippen molar-refractivity contribution in [3.8, 4) is 17.2 Å². The Balaban J connectivity index is 0.00000288. The molecule has 0 bridgehead atoms. The summed E-state index contributed by atoms with van der Waals surface area (Å²) < 4.78 is 15.9. The minimum absolute atomic E-state index is 0. The minimum Gasteiger partial charge on any atom is -0.493 e. The van der Waals surface area contributed by atoms with Gasteiger partial charge in [0.25, 0.3) is 0 Å². The summed E-state index contributed by atoms with van der Waals surface area (Å²) in [7, 11) is 4.69. The largest absolute Gasteiger partial charge is 0.493 e. The third kappa shape index (κ3) is 5.18. The Bertz CT molecular complexity index is 528. The van der Waals surface area contributed by atoms with Crippen molar-refractivity contribution < 1.29 is 19.0 Å². The molecule has 7 heteroatoms. The molecule has 24 heavy (non-hydrogen) atoms. The standard InChI is InChI=1S/C17H26N2O4.ClH/c1-11-7-13(5-6-18-11)19-16(20)10-12-8-14(21-2)17(23-4)15(9-12)22-3;/h8-9,11,13,18H,5-7,10H2,1-4H3,(H,19,20);1H. The third-order valence-electron chi connectivity index (χ3n) is 4.08. The van der Waals surface area contributed by atoms with Gasteiger partial charge in [0.2, 0.25) is 11.7 Å². The summed E-state index contributed by atoms with van der Waals surface area (Å²) in [6, 6.07) is 4.30. The molecule has 1 saturated heterocycles. The minimum atomic E-state index is 0. The highest BCUT2D eigenvalue weighted by molar-refractivity contribution is 5.85. The van der Waals surface area contributed by atoms with Crippen LogP contribution in [0.4, 0.5) is 0 Å². The van der Waals surface area contributed by atoms with Crippen LogP contribution >= 0.6 is 12.4 Å². The van der Waals surface area contributed by atoms with Crippen molar-refractivity contribution >= 4 is 18.3 Å². The molecule has 1 aliphatic rings. The lowest BCUT2D eigenvalue weighted by atomic mass is 10.00. The van der Waals surface area contributed by atoms with E-state index >= 15 is 0 Å². The van der Waals surface area contributed by atoms with E-state index in [1.165, 1.54) is 0 Å². The van der Waals surface area contributed by atoms with Crippen LogP contribution in [0.2, 0.25) is 0 Å². The van der Waals surface area contributed by atoms with Crippen LogP contribution in [0, 0.1) is 0 Å². The van der Waals surface area contributed by atoms with Gasteiger partial charge in [0, 0.05) is 12.1 Å². The number of ether oxygens (including phenoxy) is 3. The predicted octanol–water partition coefficient (Wildman–Crippen LogP) is 1.93. The molecule has 136 valence electrons. The van der Waals surface area contributed by atoms with Gasteiger partial charge < -0.3 is 24.8 Å². The van der Waals surface area contributed by atoms with E-state index in [1.54, 1.807) is 21.3 Å². The van der Waals surface area contributed by atoms with Crippen LogP contribution in [0.1, 0.15) is 25.3 Å². The number of benzene rings is 1. The molecule has 1 aromatic rings. The SMILES string of the molecule is COc1cc(CC(=O)NC2CCNC(C)C2)cc(OC)c1OC.Cl. The van der Waals surface area contributed by atoms with Gasteiger partial charge in [0.1, 0.15) is 0 Å². The molecule has 6 nitrogen and oxygen atoms in total. The average molecular weight is 359 g/mol. The van der Waals surface area contributed by atoms with E-state index in [1.807, 2.05) is 12.1 Å². The molecular formula is C17H27ClN2O4. The van der Waals surface area contributed by atoms with Crippen molar-refractivity contribution in [1.82, 2.24) is 10.6 Å². The van der Waals surface area contributed by atoms with E-state index < -0.39 is 0 Å². The Hall–Kier alpha value is -1.66. The second kappa shape index (κ2) is 9.59. The molecule has 1 aliphatic heterocycles. The second-order valence-corrected chi connectivity index (χ2v) is 5.85. The van der Waals surface area contributed by atoms with E-state index in [4.69, 9.17) is 14.2 Å². The van der Waals surface area contributed by atoms with Crippen LogP contribution in [0.15, 0.2) is 12.1 Å². The van der Waals surface area contributed by atoms with E-state index in [0.717, 1.165) is 24.9 Å². The quantitative estimate of drug-likeness (QED) is 0.813. The van der Waals surface area contributed by atoms with Crippen LogP contribution in [0.25, 0.3) is 0 Å². The van der Waals surface area contributed by atoms with Gasteiger partial charge in [-0.1, -0.05) is 0 Å². The lowest BCUT2D eigenvalue weighted by Gasteiger charge is -2.28.